The van der Waals surface area contributed by atoms with E-state index in [1.807, 2.05) is 24.3 Å². The molecule has 6 nitrogen and oxygen atoms in total. The van der Waals surface area contributed by atoms with Crippen LogP contribution < -0.4 is 14.4 Å². The van der Waals surface area contributed by atoms with Gasteiger partial charge in [-0.2, -0.15) is 0 Å². The predicted molar refractivity (Wildman–Crippen MR) is 103 cm³/mol. The number of sulfonamides is 1. The van der Waals surface area contributed by atoms with Gasteiger partial charge < -0.3 is 10.1 Å². The molecule has 0 heterocycles. The lowest BCUT2D eigenvalue weighted by Gasteiger charge is -2.28. The van der Waals surface area contributed by atoms with Crippen molar-refractivity contribution in [1.82, 2.24) is 5.32 Å². The summed E-state index contributed by atoms with van der Waals surface area (Å²) < 4.78 is 43.5. The van der Waals surface area contributed by atoms with Crippen molar-refractivity contribution in [2.24, 2.45) is 0 Å². The van der Waals surface area contributed by atoms with E-state index < -0.39 is 27.8 Å². The molecule has 0 bridgehead atoms. The zero-order valence-corrected chi connectivity index (χ0v) is 16.3. The number of carbonyl (C=O) groups is 1. The molecule has 146 valence electrons. The second kappa shape index (κ2) is 8.85. The van der Waals surface area contributed by atoms with Gasteiger partial charge in [0.05, 0.1) is 19.1 Å². The SMILES string of the molecule is COc1ccc(CCNC(=O)[C@H](C)N(c2ccc(F)cc2)S(C)(=O)=O)cc1. The molecule has 0 saturated carbocycles. The van der Waals surface area contributed by atoms with Crippen LogP contribution in [0.4, 0.5) is 10.1 Å². The number of hydrogen-bond acceptors (Lipinski definition) is 4. The number of ether oxygens (including phenoxy) is 1. The van der Waals surface area contributed by atoms with Gasteiger partial charge in [-0.3, -0.25) is 9.10 Å². The van der Waals surface area contributed by atoms with Crippen LogP contribution in [0.3, 0.4) is 0 Å². The van der Waals surface area contributed by atoms with Crippen LogP contribution in [0.25, 0.3) is 0 Å². The first kappa shape index (κ1) is 20.7. The minimum absolute atomic E-state index is 0.233. The molecular weight excluding hydrogens is 371 g/mol. The maximum absolute atomic E-state index is 13.1. The largest absolute Gasteiger partial charge is 0.497 e. The van der Waals surface area contributed by atoms with Gasteiger partial charge in [0.2, 0.25) is 15.9 Å². The number of methoxy groups -OCH3 is 1. The number of amides is 1. The van der Waals surface area contributed by atoms with Gasteiger partial charge in [0, 0.05) is 6.54 Å². The van der Waals surface area contributed by atoms with E-state index in [0.29, 0.717) is 13.0 Å². The van der Waals surface area contributed by atoms with Crippen molar-refractivity contribution in [3.05, 3.63) is 59.9 Å². The lowest BCUT2D eigenvalue weighted by molar-refractivity contribution is -0.121. The third-order valence-electron chi connectivity index (χ3n) is 4.04. The van der Waals surface area contributed by atoms with Gasteiger partial charge in [-0.25, -0.2) is 12.8 Å². The van der Waals surface area contributed by atoms with Gasteiger partial charge in [0.25, 0.3) is 0 Å². The van der Waals surface area contributed by atoms with Crippen molar-refractivity contribution >= 4 is 21.6 Å². The summed E-state index contributed by atoms with van der Waals surface area (Å²) in [6.45, 7) is 1.85. The molecule has 0 fully saturated rings. The lowest BCUT2D eigenvalue weighted by atomic mass is 10.1. The van der Waals surface area contributed by atoms with Crippen molar-refractivity contribution < 1.29 is 22.3 Å². The van der Waals surface area contributed by atoms with Crippen molar-refractivity contribution in [2.45, 2.75) is 19.4 Å². The number of nitrogens with zero attached hydrogens (tertiary/aromatic N) is 1. The molecule has 8 heteroatoms. The van der Waals surface area contributed by atoms with E-state index in [4.69, 9.17) is 4.74 Å². The molecule has 0 unspecified atom stereocenters. The molecule has 0 aromatic heterocycles. The molecule has 2 rings (SSSR count). The van der Waals surface area contributed by atoms with Gasteiger partial charge in [0.15, 0.2) is 0 Å². The van der Waals surface area contributed by atoms with Crippen molar-refractivity contribution in [2.75, 3.05) is 24.2 Å². The molecule has 1 N–H and O–H groups in total. The summed E-state index contributed by atoms with van der Waals surface area (Å²) in [6, 6.07) is 11.5. The molecule has 0 radical (unpaired) electrons. The third kappa shape index (κ3) is 5.68. The highest BCUT2D eigenvalue weighted by molar-refractivity contribution is 7.92. The molecule has 1 amide bonds. The summed E-state index contributed by atoms with van der Waals surface area (Å²) in [5, 5.41) is 2.74. The van der Waals surface area contributed by atoms with Crippen LogP contribution in [0.2, 0.25) is 0 Å². The standard InChI is InChI=1S/C19H23FN2O4S/c1-14(22(27(3,24)25)17-8-6-16(20)7-9-17)19(23)21-13-12-15-4-10-18(26-2)11-5-15/h4-11,14H,12-13H2,1-3H3,(H,21,23)/t14-/m0/s1. The van der Waals surface area contributed by atoms with Crippen LogP contribution >= 0.6 is 0 Å². The Morgan fingerprint density at radius 2 is 1.74 bits per heavy atom. The zero-order valence-electron chi connectivity index (χ0n) is 15.5. The average molecular weight is 394 g/mol. The fourth-order valence-corrected chi connectivity index (χ4v) is 3.84. The maximum atomic E-state index is 13.1. The molecule has 0 aliphatic heterocycles. The second-order valence-electron chi connectivity index (χ2n) is 6.10. The number of anilines is 1. The van der Waals surface area contributed by atoms with E-state index in [0.717, 1.165) is 34.0 Å². The third-order valence-corrected chi connectivity index (χ3v) is 5.28. The summed E-state index contributed by atoms with van der Waals surface area (Å²) >= 11 is 0. The van der Waals surface area contributed by atoms with Gasteiger partial charge in [-0.05, 0) is 55.3 Å². The monoisotopic (exact) mass is 394 g/mol. The maximum Gasteiger partial charge on any atom is 0.243 e. The first-order valence-corrected chi connectivity index (χ1v) is 10.2. The summed E-state index contributed by atoms with van der Waals surface area (Å²) in [5.41, 5.74) is 1.25. The van der Waals surface area contributed by atoms with Crippen LogP contribution in [-0.2, 0) is 21.2 Å². The van der Waals surface area contributed by atoms with Crippen LogP contribution in [-0.4, -0.2) is 40.3 Å². The number of halogens is 1. The van der Waals surface area contributed by atoms with E-state index in [1.165, 1.54) is 19.1 Å². The number of benzene rings is 2. The van der Waals surface area contributed by atoms with Gasteiger partial charge >= 0.3 is 0 Å². The van der Waals surface area contributed by atoms with Crippen molar-refractivity contribution in [3.63, 3.8) is 0 Å². The van der Waals surface area contributed by atoms with Crippen LogP contribution in [0.5, 0.6) is 5.75 Å². The van der Waals surface area contributed by atoms with Crippen LogP contribution in [0, 0.1) is 5.82 Å². The minimum atomic E-state index is -3.72. The molecule has 0 spiro atoms. The Morgan fingerprint density at radius 1 is 1.15 bits per heavy atom. The summed E-state index contributed by atoms with van der Waals surface area (Å²) in [6.07, 6.45) is 1.61. The topological polar surface area (TPSA) is 75.7 Å². The number of rotatable bonds is 8. The Hall–Kier alpha value is -2.61. The van der Waals surface area contributed by atoms with Crippen molar-refractivity contribution in [1.29, 1.82) is 0 Å². The van der Waals surface area contributed by atoms with Gasteiger partial charge in [-0.1, -0.05) is 12.1 Å². The van der Waals surface area contributed by atoms with Crippen LogP contribution in [0.1, 0.15) is 12.5 Å². The van der Waals surface area contributed by atoms with E-state index in [-0.39, 0.29) is 5.69 Å². The highest BCUT2D eigenvalue weighted by Crippen LogP contribution is 2.21. The van der Waals surface area contributed by atoms with E-state index in [1.54, 1.807) is 7.11 Å². The van der Waals surface area contributed by atoms with Gasteiger partial charge in [0.1, 0.15) is 17.6 Å². The van der Waals surface area contributed by atoms with Crippen LogP contribution in [0.15, 0.2) is 48.5 Å². The van der Waals surface area contributed by atoms with E-state index >= 15 is 0 Å². The lowest BCUT2D eigenvalue weighted by Crippen LogP contribution is -2.48. The van der Waals surface area contributed by atoms with Crippen molar-refractivity contribution in [3.8, 4) is 5.75 Å². The van der Waals surface area contributed by atoms with E-state index in [9.17, 15) is 17.6 Å². The number of nitrogens with one attached hydrogen (secondary N) is 1. The first-order chi connectivity index (χ1) is 12.7. The molecule has 1 atom stereocenters. The second-order valence-corrected chi connectivity index (χ2v) is 7.96. The molecule has 0 saturated heterocycles. The Kier molecular flexibility index (Phi) is 6.79. The Bertz CT molecular complexity index is 868. The summed E-state index contributed by atoms with van der Waals surface area (Å²) in [5.74, 6) is -0.165. The Labute approximate surface area is 159 Å². The quantitative estimate of drug-likeness (QED) is 0.746. The number of carbonyl (C=O) groups excluding carboxylic acids is 1. The molecule has 2 aromatic rings. The predicted octanol–water partition coefficient (Wildman–Crippen LogP) is 2.35. The van der Waals surface area contributed by atoms with E-state index in [2.05, 4.69) is 5.32 Å². The fourth-order valence-electron chi connectivity index (χ4n) is 2.67. The summed E-state index contributed by atoms with van der Waals surface area (Å²) in [4.78, 5) is 12.5. The summed E-state index contributed by atoms with van der Waals surface area (Å²) in [7, 11) is -2.14. The highest BCUT2D eigenvalue weighted by atomic mass is 32.2. The smallest absolute Gasteiger partial charge is 0.243 e. The number of hydrogen-bond donors (Lipinski definition) is 1. The van der Waals surface area contributed by atoms with Gasteiger partial charge in [-0.15, -0.1) is 0 Å². The molecule has 0 aliphatic rings. The molecular formula is C19H23FN2O4S. The Balaban J connectivity index is 2.02. The molecule has 27 heavy (non-hydrogen) atoms. The molecule has 2 aromatic carbocycles. The molecule has 0 aliphatic carbocycles. The highest BCUT2D eigenvalue weighted by Gasteiger charge is 2.28. The average Bonchev–Trinajstić information content (AvgIpc) is 2.63. The minimum Gasteiger partial charge on any atom is -0.497 e. The fraction of sp³-hybridized carbons (Fsp3) is 0.316. The first-order valence-electron chi connectivity index (χ1n) is 8.38. The zero-order chi connectivity index (χ0) is 20.0. The normalized spacial score (nSPS) is 12.3. The Morgan fingerprint density at radius 3 is 2.26 bits per heavy atom.